The zero-order valence-corrected chi connectivity index (χ0v) is 12.0. The van der Waals surface area contributed by atoms with Gasteiger partial charge in [-0.1, -0.05) is 13.8 Å². The lowest BCUT2D eigenvalue weighted by molar-refractivity contribution is -0.385. The maximum absolute atomic E-state index is 11.4. The van der Waals surface area contributed by atoms with Crippen LogP contribution in [0.3, 0.4) is 0 Å². The van der Waals surface area contributed by atoms with Gasteiger partial charge in [-0.05, 0) is 0 Å². The van der Waals surface area contributed by atoms with E-state index < -0.39 is 10.9 Å². The maximum atomic E-state index is 11.4. The number of rotatable bonds is 4. The van der Waals surface area contributed by atoms with Gasteiger partial charge in [0.15, 0.2) is 0 Å². The van der Waals surface area contributed by atoms with E-state index in [2.05, 4.69) is 19.9 Å². The molecule has 0 aliphatic heterocycles. The highest BCUT2D eigenvalue weighted by Gasteiger charge is 2.30. The fourth-order valence-electron chi connectivity index (χ4n) is 1.89. The molecule has 0 spiro atoms. The number of aromatic nitrogens is 5. The minimum Gasteiger partial charge on any atom is -0.463 e. The second kappa shape index (κ2) is 5.31. The van der Waals surface area contributed by atoms with E-state index in [0.717, 1.165) is 4.68 Å². The molecule has 21 heavy (non-hydrogen) atoms. The van der Waals surface area contributed by atoms with E-state index in [1.165, 1.54) is 18.1 Å². The first-order valence-corrected chi connectivity index (χ1v) is 6.08. The van der Waals surface area contributed by atoms with Crippen LogP contribution in [-0.4, -0.2) is 42.5 Å². The van der Waals surface area contributed by atoms with E-state index >= 15 is 0 Å². The Balaban J connectivity index is 2.61. The molecule has 2 rings (SSSR count). The second-order valence-electron chi connectivity index (χ2n) is 4.60. The Bertz CT molecular complexity index is 702. The van der Waals surface area contributed by atoms with Crippen molar-refractivity contribution in [3.63, 3.8) is 0 Å². The van der Waals surface area contributed by atoms with Crippen LogP contribution in [0.15, 0.2) is 6.33 Å². The monoisotopic (exact) mass is 294 g/mol. The van der Waals surface area contributed by atoms with Gasteiger partial charge in [0.2, 0.25) is 5.82 Å². The zero-order valence-electron chi connectivity index (χ0n) is 12.0. The lowest BCUT2D eigenvalue weighted by Gasteiger charge is -2.00. The molecule has 0 aliphatic rings. The number of hydrogen-bond donors (Lipinski definition) is 0. The van der Waals surface area contributed by atoms with E-state index in [4.69, 9.17) is 0 Å². The Morgan fingerprint density at radius 3 is 2.62 bits per heavy atom. The van der Waals surface area contributed by atoms with Crippen molar-refractivity contribution in [2.45, 2.75) is 19.8 Å². The number of ether oxygens (including phenoxy) is 1. The van der Waals surface area contributed by atoms with Crippen LogP contribution in [0, 0.1) is 10.1 Å². The molecule has 0 aromatic carbocycles. The number of nitro groups is 1. The minimum absolute atomic E-state index is 0.131. The lowest BCUT2D eigenvalue weighted by atomic mass is 10.1. The summed E-state index contributed by atoms with van der Waals surface area (Å²) in [6, 6.07) is 0. The Morgan fingerprint density at radius 2 is 2.10 bits per heavy atom. The first-order chi connectivity index (χ1) is 9.86. The van der Waals surface area contributed by atoms with Gasteiger partial charge in [-0.25, -0.2) is 14.5 Å². The van der Waals surface area contributed by atoms with Gasteiger partial charge < -0.3 is 4.74 Å². The van der Waals surface area contributed by atoms with Crippen LogP contribution in [0.25, 0.3) is 5.82 Å². The van der Waals surface area contributed by atoms with E-state index in [-0.39, 0.29) is 23.2 Å². The van der Waals surface area contributed by atoms with Crippen LogP contribution in [-0.2, 0) is 11.8 Å². The molecule has 112 valence electrons. The summed E-state index contributed by atoms with van der Waals surface area (Å²) in [6.07, 6.45) is 1.21. The predicted octanol–water partition coefficient (Wildman–Crippen LogP) is 0.819. The Hall–Kier alpha value is -2.78. The van der Waals surface area contributed by atoms with E-state index in [0.29, 0.717) is 5.69 Å². The number of carbonyl (C=O) groups is 1. The van der Waals surface area contributed by atoms with E-state index in [1.807, 2.05) is 0 Å². The summed E-state index contributed by atoms with van der Waals surface area (Å²) >= 11 is 0. The third kappa shape index (κ3) is 2.47. The summed E-state index contributed by atoms with van der Waals surface area (Å²) in [5, 5.41) is 19.4. The van der Waals surface area contributed by atoms with Gasteiger partial charge in [0.05, 0.1) is 12.0 Å². The molecule has 0 N–H and O–H groups in total. The van der Waals surface area contributed by atoms with Gasteiger partial charge in [0.1, 0.15) is 12.0 Å². The van der Waals surface area contributed by atoms with Crippen molar-refractivity contribution in [1.29, 1.82) is 0 Å². The van der Waals surface area contributed by atoms with E-state index in [1.54, 1.807) is 20.9 Å². The lowest BCUT2D eigenvalue weighted by Crippen LogP contribution is -2.08. The number of methoxy groups -OCH3 is 1. The smallest absolute Gasteiger partial charge is 0.377 e. The van der Waals surface area contributed by atoms with Crippen molar-refractivity contribution in [3.05, 3.63) is 28.0 Å². The van der Waals surface area contributed by atoms with Gasteiger partial charge in [-0.15, -0.1) is 5.10 Å². The number of nitrogens with zero attached hydrogens (tertiary/aromatic N) is 6. The number of hydrogen-bond acceptors (Lipinski definition) is 7. The summed E-state index contributed by atoms with van der Waals surface area (Å²) in [5.74, 6) is -0.901. The normalized spacial score (nSPS) is 10.9. The molecule has 0 radical (unpaired) electrons. The molecule has 10 nitrogen and oxygen atoms in total. The molecule has 2 aromatic heterocycles. The van der Waals surface area contributed by atoms with Gasteiger partial charge in [0, 0.05) is 13.0 Å². The molecule has 0 atom stereocenters. The third-order valence-electron chi connectivity index (χ3n) is 2.82. The summed E-state index contributed by atoms with van der Waals surface area (Å²) in [6.45, 7) is 3.61. The third-order valence-corrected chi connectivity index (χ3v) is 2.82. The largest absolute Gasteiger partial charge is 0.463 e. The molecule has 0 saturated carbocycles. The first-order valence-electron chi connectivity index (χ1n) is 6.08. The maximum Gasteiger partial charge on any atom is 0.377 e. The van der Waals surface area contributed by atoms with Crippen molar-refractivity contribution < 1.29 is 14.5 Å². The highest BCUT2D eigenvalue weighted by atomic mass is 16.6. The molecule has 0 saturated heterocycles. The van der Waals surface area contributed by atoms with Gasteiger partial charge >= 0.3 is 11.7 Å². The van der Waals surface area contributed by atoms with Crippen molar-refractivity contribution in [1.82, 2.24) is 24.5 Å². The molecular formula is C11H14N6O4. The van der Waals surface area contributed by atoms with Crippen molar-refractivity contribution in [2.75, 3.05) is 7.11 Å². The minimum atomic E-state index is -0.720. The summed E-state index contributed by atoms with van der Waals surface area (Å²) < 4.78 is 6.98. The molecule has 0 aliphatic carbocycles. The van der Waals surface area contributed by atoms with Gasteiger partial charge in [-0.2, -0.15) is 9.78 Å². The van der Waals surface area contributed by atoms with E-state index in [9.17, 15) is 14.9 Å². The summed E-state index contributed by atoms with van der Waals surface area (Å²) in [4.78, 5) is 25.9. The van der Waals surface area contributed by atoms with Crippen LogP contribution in [0.2, 0.25) is 0 Å². The fraction of sp³-hybridized carbons (Fsp3) is 0.455. The molecule has 0 amide bonds. The fourth-order valence-corrected chi connectivity index (χ4v) is 1.89. The topological polar surface area (TPSA) is 118 Å². The van der Waals surface area contributed by atoms with Crippen molar-refractivity contribution in [2.24, 2.45) is 7.05 Å². The first kappa shape index (κ1) is 14.6. The van der Waals surface area contributed by atoms with Crippen molar-refractivity contribution >= 4 is 11.7 Å². The van der Waals surface area contributed by atoms with Crippen molar-refractivity contribution in [3.8, 4) is 5.82 Å². The summed E-state index contributed by atoms with van der Waals surface area (Å²) in [5.41, 5.74) is 0.182. The van der Waals surface area contributed by atoms with Gasteiger partial charge in [-0.3, -0.25) is 10.1 Å². The standard InChI is InChI=1S/C11H14N6O4/c1-6(2)7-8(17(19)20)10(15(3)13-7)16-5-12-9(14-16)11(18)21-4/h5-6H,1-4H3. The highest BCUT2D eigenvalue weighted by molar-refractivity contribution is 5.84. The van der Waals surface area contributed by atoms with Gasteiger partial charge in [0.25, 0.3) is 5.82 Å². The average Bonchev–Trinajstić information content (AvgIpc) is 3.01. The number of esters is 1. The Morgan fingerprint density at radius 1 is 1.43 bits per heavy atom. The van der Waals surface area contributed by atoms with Crippen LogP contribution >= 0.6 is 0 Å². The number of carbonyl (C=O) groups excluding carboxylic acids is 1. The molecular weight excluding hydrogens is 280 g/mol. The average molecular weight is 294 g/mol. The van der Waals surface area contributed by atoms with Crippen LogP contribution in [0.4, 0.5) is 5.69 Å². The quantitative estimate of drug-likeness (QED) is 0.465. The van der Waals surface area contributed by atoms with Crippen LogP contribution in [0.5, 0.6) is 0 Å². The molecule has 0 bridgehead atoms. The SMILES string of the molecule is COC(=O)c1ncn(-c2c([N+](=O)[O-])c(C(C)C)nn2C)n1. The zero-order chi connectivity index (χ0) is 15.7. The predicted molar refractivity (Wildman–Crippen MR) is 70.2 cm³/mol. The second-order valence-corrected chi connectivity index (χ2v) is 4.60. The van der Waals surface area contributed by atoms with Crippen LogP contribution < -0.4 is 0 Å². The van der Waals surface area contributed by atoms with Crippen LogP contribution in [0.1, 0.15) is 36.1 Å². The molecule has 0 unspecified atom stereocenters. The summed E-state index contributed by atoms with van der Waals surface area (Å²) in [7, 11) is 2.76. The molecule has 0 fully saturated rings. The number of aryl methyl sites for hydroxylation is 1. The highest BCUT2D eigenvalue weighted by Crippen LogP contribution is 2.31. The molecule has 10 heteroatoms. The Labute approximate surface area is 119 Å². The molecule has 2 aromatic rings. The molecule has 2 heterocycles. The Kier molecular flexibility index (Phi) is 3.70.